The van der Waals surface area contributed by atoms with Crippen LogP contribution in [0.5, 0.6) is 5.75 Å². The van der Waals surface area contributed by atoms with Gasteiger partial charge in [0.15, 0.2) is 5.16 Å². The molecule has 10 heteroatoms. The Hall–Kier alpha value is -3.53. The molecule has 4 aromatic rings. The lowest BCUT2D eigenvalue weighted by Gasteiger charge is -2.15. The molecule has 1 aliphatic heterocycles. The highest BCUT2D eigenvalue weighted by Crippen LogP contribution is 2.26. The highest BCUT2D eigenvalue weighted by atomic mass is 32.2. The van der Waals surface area contributed by atoms with Gasteiger partial charge in [-0.05, 0) is 49.2 Å². The number of aromatic nitrogens is 4. The van der Waals surface area contributed by atoms with Crippen LogP contribution in [0.3, 0.4) is 0 Å². The van der Waals surface area contributed by atoms with Crippen LogP contribution in [0, 0.1) is 0 Å². The van der Waals surface area contributed by atoms with Crippen LogP contribution < -0.4 is 10.1 Å². The van der Waals surface area contributed by atoms with Crippen molar-refractivity contribution in [2.75, 3.05) is 31.3 Å². The number of hydrogen-bond acceptors (Lipinski definition) is 6. The van der Waals surface area contributed by atoms with Crippen LogP contribution in [-0.2, 0) is 16.1 Å². The maximum Gasteiger partial charge on any atom is 0.242 e. The molecule has 2 aromatic carbocycles. The summed E-state index contributed by atoms with van der Waals surface area (Å²) in [7, 11) is 1.60. The number of nitrogens with one attached hydrogen (secondary N) is 1. The second kappa shape index (κ2) is 9.14. The minimum absolute atomic E-state index is 0.0897. The molecular weight excluding hydrogens is 440 g/mol. The molecule has 0 radical (unpaired) electrons. The van der Waals surface area contributed by atoms with Gasteiger partial charge in [0.05, 0.1) is 23.9 Å². The molecule has 2 amide bonds. The van der Waals surface area contributed by atoms with E-state index in [1.54, 1.807) is 31.4 Å². The van der Waals surface area contributed by atoms with Crippen molar-refractivity contribution >= 4 is 46.1 Å². The average molecular weight is 465 g/mol. The first-order valence-corrected chi connectivity index (χ1v) is 11.8. The molecular formula is C23H24N6O3S. The molecule has 1 aliphatic rings. The van der Waals surface area contributed by atoms with Crippen molar-refractivity contribution in [1.29, 1.82) is 0 Å². The fourth-order valence-electron chi connectivity index (χ4n) is 4.09. The minimum atomic E-state index is -0.144. The number of likely N-dealkylation sites (tertiary alicyclic amines) is 1. The summed E-state index contributed by atoms with van der Waals surface area (Å²) in [5.41, 5.74) is 2.52. The molecule has 1 N–H and O–H groups in total. The number of amides is 2. The molecule has 0 atom stereocenters. The molecule has 0 saturated carbocycles. The first-order chi connectivity index (χ1) is 16.1. The fourth-order valence-corrected chi connectivity index (χ4v) is 4.83. The smallest absolute Gasteiger partial charge is 0.242 e. The maximum absolute atomic E-state index is 12.8. The van der Waals surface area contributed by atoms with Crippen LogP contribution in [0.2, 0.25) is 0 Å². The quantitative estimate of drug-likeness (QED) is 0.423. The zero-order chi connectivity index (χ0) is 22.8. The van der Waals surface area contributed by atoms with Gasteiger partial charge >= 0.3 is 0 Å². The highest BCUT2D eigenvalue weighted by Gasteiger charge is 2.23. The third-order valence-electron chi connectivity index (χ3n) is 5.73. The summed E-state index contributed by atoms with van der Waals surface area (Å²) in [4.78, 5) is 27.2. The lowest BCUT2D eigenvalue weighted by molar-refractivity contribution is -0.130. The summed E-state index contributed by atoms with van der Waals surface area (Å²) in [6, 6.07) is 15.0. The predicted molar refractivity (Wildman–Crippen MR) is 127 cm³/mol. The fraction of sp³-hybridized carbons (Fsp3) is 0.304. The van der Waals surface area contributed by atoms with Crippen molar-refractivity contribution in [2.45, 2.75) is 24.5 Å². The Morgan fingerprint density at radius 3 is 2.48 bits per heavy atom. The topological polar surface area (TPSA) is 93.8 Å². The van der Waals surface area contributed by atoms with E-state index in [4.69, 9.17) is 4.74 Å². The van der Waals surface area contributed by atoms with Gasteiger partial charge in [-0.3, -0.25) is 18.6 Å². The number of nitrogens with zero attached hydrogens (tertiary/aromatic N) is 5. The van der Waals surface area contributed by atoms with E-state index in [1.807, 2.05) is 38.1 Å². The van der Waals surface area contributed by atoms with E-state index in [-0.39, 0.29) is 24.1 Å². The Labute approximate surface area is 194 Å². The van der Waals surface area contributed by atoms with Crippen molar-refractivity contribution in [3.05, 3.63) is 48.5 Å². The van der Waals surface area contributed by atoms with Crippen LogP contribution in [0.1, 0.15) is 12.8 Å². The van der Waals surface area contributed by atoms with Crippen molar-refractivity contribution in [3.63, 3.8) is 0 Å². The van der Waals surface area contributed by atoms with E-state index in [2.05, 4.69) is 15.5 Å². The highest BCUT2D eigenvalue weighted by molar-refractivity contribution is 7.99. The van der Waals surface area contributed by atoms with Gasteiger partial charge < -0.3 is 15.0 Å². The largest absolute Gasteiger partial charge is 0.497 e. The second-order valence-electron chi connectivity index (χ2n) is 7.85. The van der Waals surface area contributed by atoms with E-state index in [0.29, 0.717) is 16.6 Å². The van der Waals surface area contributed by atoms with E-state index >= 15 is 0 Å². The Morgan fingerprint density at radius 2 is 1.76 bits per heavy atom. The third-order valence-corrected chi connectivity index (χ3v) is 6.66. The zero-order valence-corrected chi connectivity index (χ0v) is 19.0. The number of fused-ring (bicyclic) bond motifs is 3. The lowest BCUT2D eigenvalue weighted by atomic mass is 10.3. The Balaban J connectivity index is 1.35. The summed E-state index contributed by atoms with van der Waals surface area (Å²) in [6.45, 7) is 1.84. The summed E-state index contributed by atoms with van der Waals surface area (Å²) in [5, 5.41) is 12.1. The number of imidazole rings is 1. The maximum atomic E-state index is 12.8. The van der Waals surface area contributed by atoms with E-state index < -0.39 is 0 Å². The standard InChI is InChI=1S/C23H24N6O3S/c1-32-17-10-8-16(9-11-17)24-20(30)15-33-23-26-25-22-28(14-21(31)27-12-4-5-13-27)18-6-2-3-7-19(18)29(22)23/h2-3,6-11H,4-5,12-15H2,1H3,(H,24,30). The predicted octanol–water partition coefficient (Wildman–Crippen LogP) is 3.05. The van der Waals surface area contributed by atoms with Gasteiger partial charge in [-0.1, -0.05) is 23.9 Å². The Kier molecular flexibility index (Phi) is 5.91. The normalized spacial score (nSPS) is 13.7. The first kappa shape index (κ1) is 21.3. The molecule has 170 valence electrons. The van der Waals surface area contributed by atoms with Crippen molar-refractivity contribution in [1.82, 2.24) is 24.1 Å². The first-order valence-electron chi connectivity index (χ1n) is 10.8. The van der Waals surface area contributed by atoms with E-state index in [1.165, 1.54) is 11.8 Å². The number of carbonyl (C=O) groups is 2. The van der Waals surface area contributed by atoms with Crippen LogP contribution in [0.4, 0.5) is 5.69 Å². The Morgan fingerprint density at radius 1 is 1.03 bits per heavy atom. The third kappa shape index (κ3) is 4.25. The number of thioether (sulfide) groups is 1. The second-order valence-corrected chi connectivity index (χ2v) is 8.79. The van der Waals surface area contributed by atoms with Gasteiger partial charge in [-0.25, -0.2) is 0 Å². The number of methoxy groups -OCH3 is 1. The minimum Gasteiger partial charge on any atom is -0.497 e. The monoisotopic (exact) mass is 464 g/mol. The molecule has 0 bridgehead atoms. The summed E-state index contributed by atoms with van der Waals surface area (Å²) < 4.78 is 8.96. The average Bonchev–Trinajstić information content (AvgIpc) is 3.57. The lowest BCUT2D eigenvalue weighted by Crippen LogP contribution is -2.31. The zero-order valence-electron chi connectivity index (χ0n) is 18.2. The van der Waals surface area contributed by atoms with Gasteiger partial charge in [0.2, 0.25) is 17.6 Å². The molecule has 33 heavy (non-hydrogen) atoms. The molecule has 0 spiro atoms. The van der Waals surface area contributed by atoms with Gasteiger partial charge in [0, 0.05) is 18.8 Å². The summed E-state index contributed by atoms with van der Waals surface area (Å²) in [6.07, 6.45) is 2.11. The number of rotatable bonds is 7. The van der Waals surface area contributed by atoms with Crippen LogP contribution in [0.15, 0.2) is 53.7 Å². The number of carbonyl (C=O) groups excluding carboxylic acids is 2. The number of para-hydroxylation sites is 2. The van der Waals surface area contributed by atoms with Gasteiger partial charge in [-0.15, -0.1) is 10.2 Å². The number of ether oxygens (including phenoxy) is 1. The van der Waals surface area contributed by atoms with Crippen LogP contribution >= 0.6 is 11.8 Å². The molecule has 0 aliphatic carbocycles. The molecule has 1 saturated heterocycles. The molecule has 2 aromatic heterocycles. The number of hydrogen-bond donors (Lipinski definition) is 1. The molecule has 3 heterocycles. The SMILES string of the molecule is COc1ccc(NC(=O)CSc2nnc3n(CC(=O)N4CCCC4)c4ccccc4n23)cc1. The van der Waals surface area contributed by atoms with Crippen LogP contribution in [-0.4, -0.2) is 61.8 Å². The van der Waals surface area contributed by atoms with Gasteiger partial charge in [0.1, 0.15) is 12.3 Å². The van der Waals surface area contributed by atoms with Gasteiger partial charge in [0.25, 0.3) is 0 Å². The van der Waals surface area contributed by atoms with Crippen molar-refractivity contribution < 1.29 is 14.3 Å². The molecule has 1 fully saturated rings. The van der Waals surface area contributed by atoms with E-state index in [0.717, 1.165) is 42.7 Å². The number of anilines is 1. The Bertz CT molecular complexity index is 1310. The van der Waals surface area contributed by atoms with Crippen molar-refractivity contribution in [3.8, 4) is 5.75 Å². The van der Waals surface area contributed by atoms with Crippen molar-refractivity contribution in [2.24, 2.45) is 0 Å². The molecule has 9 nitrogen and oxygen atoms in total. The van der Waals surface area contributed by atoms with Gasteiger partial charge in [-0.2, -0.15) is 0 Å². The van der Waals surface area contributed by atoms with Crippen LogP contribution in [0.25, 0.3) is 16.8 Å². The number of benzene rings is 2. The molecule has 5 rings (SSSR count). The summed E-state index contributed by atoms with van der Waals surface area (Å²) in [5.74, 6) is 1.45. The molecule has 0 unspecified atom stereocenters. The van der Waals surface area contributed by atoms with E-state index in [9.17, 15) is 9.59 Å². The summed E-state index contributed by atoms with van der Waals surface area (Å²) >= 11 is 1.31.